The Morgan fingerprint density at radius 3 is 2.73 bits per heavy atom. The Labute approximate surface area is 65.6 Å². The molecule has 0 spiro atoms. The number of aliphatic imine (C=N–C) groups is 1. The van der Waals surface area contributed by atoms with Crippen molar-refractivity contribution in [1.29, 1.82) is 0 Å². The number of rotatable bonds is 3. The summed E-state index contributed by atoms with van der Waals surface area (Å²) in [6, 6.07) is 9.74. The first-order valence-corrected chi connectivity index (χ1v) is 3.33. The van der Waals surface area contributed by atoms with Gasteiger partial charge in [-0.15, -0.1) is 0 Å². The van der Waals surface area contributed by atoms with Crippen LogP contribution in [0.3, 0.4) is 0 Å². The monoisotopic (exact) mass is 146 g/mol. The summed E-state index contributed by atoms with van der Waals surface area (Å²) in [5.74, 6) is 0. The molecule has 0 aromatic heterocycles. The summed E-state index contributed by atoms with van der Waals surface area (Å²) in [7, 11) is 0. The first-order valence-electron chi connectivity index (χ1n) is 3.33. The summed E-state index contributed by atoms with van der Waals surface area (Å²) >= 11 is 0. The average Bonchev–Trinajstić information content (AvgIpc) is 2.07. The van der Waals surface area contributed by atoms with E-state index in [4.69, 9.17) is 0 Å². The van der Waals surface area contributed by atoms with Crippen LogP contribution < -0.4 is 0 Å². The molecule has 1 rings (SSSR count). The van der Waals surface area contributed by atoms with E-state index in [9.17, 15) is 4.79 Å². The van der Waals surface area contributed by atoms with E-state index in [-0.39, 0.29) is 0 Å². The second kappa shape index (κ2) is 4.39. The van der Waals surface area contributed by atoms with Crippen LogP contribution in [0, 0.1) is 0 Å². The van der Waals surface area contributed by atoms with Crippen LogP contribution in [0.25, 0.3) is 0 Å². The van der Waals surface area contributed by atoms with Crippen molar-refractivity contribution in [3.63, 3.8) is 0 Å². The zero-order valence-electron chi connectivity index (χ0n) is 6.03. The van der Waals surface area contributed by atoms with E-state index in [0.29, 0.717) is 6.54 Å². The predicted octanol–water partition coefficient (Wildman–Crippen LogP) is 1.37. The summed E-state index contributed by atoms with van der Waals surface area (Å²) in [4.78, 5) is 13.5. The molecule has 0 aliphatic rings. The van der Waals surface area contributed by atoms with Gasteiger partial charge in [0.2, 0.25) is 6.29 Å². The lowest BCUT2D eigenvalue weighted by molar-refractivity contribution is 0.567. The molecule has 0 heterocycles. The van der Waals surface area contributed by atoms with Crippen LogP contribution in [0.4, 0.5) is 0 Å². The van der Waals surface area contributed by atoms with E-state index < -0.39 is 0 Å². The maximum Gasteiger partial charge on any atom is 0.245 e. The summed E-state index contributed by atoms with van der Waals surface area (Å²) in [6.07, 6.45) is 2.74. The third-order valence-electron chi connectivity index (χ3n) is 1.26. The van der Waals surface area contributed by atoms with Gasteiger partial charge in [-0.25, -0.2) is 0 Å². The van der Waals surface area contributed by atoms with E-state index in [1.165, 1.54) is 0 Å². The lowest BCUT2D eigenvalue weighted by Crippen LogP contribution is -1.81. The molecule has 0 bridgehead atoms. The van der Waals surface area contributed by atoms with Crippen molar-refractivity contribution >= 4 is 12.5 Å². The minimum absolute atomic E-state index is 0.552. The molecule has 2 heteroatoms. The van der Waals surface area contributed by atoms with Gasteiger partial charge in [0.15, 0.2) is 0 Å². The number of benzene rings is 1. The third-order valence-corrected chi connectivity index (χ3v) is 1.26. The summed E-state index contributed by atoms with van der Waals surface area (Å²) in [5, 5.41) is 0. The minimum atomic E-state index is 0.552. The molecule has 0 aliphatic heterocycles. The molecular formula is C9H8NO. The lowest BCUT2D eigenvalue weighted by atomic mass is 10.2. The zero-order chi connectivity index (χ0) is 7.94. The fourth-order valence-corrected chi connectivity index (χ4v) is 0.772. The SMILES string of the molecule is O=[C]/C=N\Cc1ccccc1. The van der Waals surface area contributed by atoms with Gasteiger partial charge in [-0.2, -0.15) is 0 Å². The molecule has 0 unspecified atom stereocenters. The Morgan fingerprint density at radius 1 is 1.36 bits per heavy atom. The van der Waals surface area contributed by atoms with Gasteiger partial charge in [-0.3, -0.25) is 9.79 Å². The van der Waals surface area contributed by atoms with E-state index >= 15 is 0 Å². The fourth-order valence-electron chi connectivity index (χ4n) is 0.772. The van der Waals surface area contributed by atoms with E-state index in [1.807, 2.05) is 30.3 Å². The fraction of sp³-hybridized carbons (Fsp3) is 0.111. The zero-order valence-corrected chi connectivity index (χ0v) is 6.03. The van der Waals surface area contributed by atoms with E-state index in [0.717, 1.165) is 11.8 Å². The van der Waals surface area contributed by atoms with Gasteiger partial charge in [0.25, 0.3) is 0 Å². The highest BCUT2D eigenvalue weighted by Gasteiger charge is 1.84. The molecule has 0 saturated carbocycles. The molecule has 1 aromatic rings. The molecule has 0 saturated heterocycles. The maximum absolute atomic E-state index is 9.72. The van der Waals surface area contributed by atoms with Crippen LogP contribution >= 0.6 is 0 Å². The molecule has 2 nitrogen and oxygen atoms in total. The van der Waals surface area contributed by atoms with Crippen LogP contribution in [0.1, 0.15) is 5.56 Å². The molecular weight excluding hydrogens is 138 g/mol. The highest BCUT2D eigenvalue weighted by Crippen LogP contribution is 1.98. The standard InChI is InChI=1S/C9H8NO/c11-7-6-10-8-9-4-2-1-3-5-9/h1-6H,8H2/b10-6-. The number of hydrogen-bond donors (Lipinski definition) is 0. The van der Waals surface area contributed by atoms with Gasteiger partial charge in [0, 0.05) is 0 Å². The normalized spacial score (nSPS) is 10.2. The highest BCUT2D eigenvalue weighted by atomic mass is 16.1. The van der Waals surface area contributed by atoms with Gasteiger partial charge in [0.1, 0.15) is 0 Å². The molecule has 0 aliphatic carbocycles. The smallest absolute Gasteiger partial charge is 0.245 e. The molecule has 55 valence electrons. The number of carbonyl (C=O) groups excluding carboxylic acids is 1. The Balaban J connectivity index is 2.51. The van der Waals surface area contributed by atoms with Gasteiger partial charge >= 0.3 is 0 Å². The van der Waals surface area contributed by atoms with Crippen molar-refractivity contribution in [1.82, 2.24) is 0 Å². The third kappa shape index (κ3) is 2.76. The quantitative estimate of drug-likeness (QED) is 0.592. The van der Waals surface area contributed by atoms with Crippen LogP contribution in [0.2, 0.25) is 0 Å². The maximum atomic E-state index is 9.72. The highest BCUT2D eigenvalue weighted by molar-refractivity contribution is 6.13. The van der Waals surface area contributed by atoms with E-state index in [1.54, 1.807) is 6.29 Å². The van der Waals surface area contributed by atoms with Crippen molar-refractivity contribution in [2.75, 3.05) is 0 Å². The molecule has 0 amide bonds. The Kier molecular flexibility index (Phi) is 3.06. The largest absolute Gasteiger partial charge is 0.284 e. The number of nitrogens with zero attached hydrogens (tertiary/aromatic N) is 1. The van der Waals surface area contributed by atoms with E-state index in [2.05, 4.69) is 4.99 Å². The van der Waals surface area contributed by atoms with Crippen molar-refractivity contribution in [3.05, 3.63) is 35.9 Å². The summed E-state index contributed by atoms with van der Waals surface area (Å²) in [5.41, 5.74) is 1.10. The van der Waals surface area contributed by atoms with Crippen molar-refractivity contribution in [2.45, 2.75) is 6.54 Å². The molecule has 1 aromatic carbocycles. The first kappa shape index (κ1) is 7.66. The lowest BCUT2D eigenvalue weighted by Gasteiger charge is -1.91. The first-order chi connectivity index (χ1) is 5.43. The van der Waals surface area contributed by atoms with Crippen molar-refractivity contribution < 1.29 is 4.79 Å². The summed E-state index contributed by atoms with van der Waals surface area (Å²) < 4.78 is 0. The van der Waals surface area contributed by atoms with Gasteiger partial charge in [-0.05, 0) is 5.56 Å². The number of hydrogen-bond acceptors (Lipinski definition) is 2. The van der Waals surface area contributed by atoms with Crippen LogP contribution in [-0.2, 0) is 11.3 Å². The Bertz CT molecular complexity index is 241. The summed E-state index contributed by atoms with van der Waals surface area (Å²) in [6.45, 7) is 0.552. The minimum Gasteiger partial charge on any atom is -0.284 e. The predicted molar refractivity (Wildman–Crippen MR) is 44.3 cm³/mol. The molecule has 11 heavy (non-hydrogen) atoms. The molecule has 0 atom stereocenters. The second-order valence-corrected chi connectivity index (χ2v) is 2.07. The molecule has 0 fully saturated rings. The van der Waals surface area contributed by atoms with Crippen LogP contribution in [0.15, 0.2) is 35.3 Å². The van der Waals surface area contributed by atoms with Gasteiger partial charge in [0.05, 0.1) is 12.8 Å². The Hall–Kier alpha value is -1.44. The molecule has 1 radical (unpaired) electrons. The Morgan fingerprint density at radius 2 is 2.09 bits per heavy atom. The van der Waals surface area contributed by atoms with Crippen LogP contribution in [-0.4, -0.2) is 12.5 Å². The molecule has 0 N–H and O–H groups in total. The topological polar surface area (TPSA) is 29.4 Å². The van der Waals surface area contributed by atoms with Crippen molar-refractivity contribution in [3.8, 4) is 0 Å². The second-order valence-electron chi connectivity index (χ2n) is 2.07. The van der Waals surface area contributed by atoms with Gasteiger partial charge < -0.3 is 0 Å². The van der Waals surface area contributed by atoms with Gasteiger partial charge in [-0.1, -0.05) is 30.3 Å². The van der Waals surface area contributed by atoms with Crippen molar-refractivity contribution in [2.24, 2.45) is 4.99 Å². The van der Waals surface area contributed by atoms with Crippen LogP contribution in [0.5, 0.6) is 0 Å². The average molecular weight is 146 g/mol.